The molecule has 2 aromatic rings. The van der Waals surface area contributed by atoms with Crippen LogP contribution in [0, 0.1) is 0 Å². The molecule has 1 atom stereocenters. The van der Waals surface area contributed by atoms with Gasteiger partial charge in [-0.2, -0.15) is 0 Å². The molecule has 0 aromatic heterocycles. The Balaban J connectivity index is 1.65. The van der Waals surface area contributed by atoms with Gasteiger partial charge in [0, 0.05) is 0 Å². The number of esters is 1. The predicted molar refractivity (Wildman–Crippen MR) is 105 cm³/mol. The Bertz CT molecular complexity index is 724. The summed E-state index contributed by atoms with van der Waals surface area (Å²) in [5.74, 6) is -0.289. The first-order chi connectivity index (χ1) is 13.2. The quantitative estimate of drug-likeness (QED) is 0.542. The average Bonchev–Trinajstić information content (AvgIpc) is 3.20. The highest BCUT2D eigenvalue weighted by Gasteiger charge is 2.37. The van der Waals surface area contributed by atoms with Gasteiger partial charge in [-0.15, -0.1) is 0 Å². The van der Waals surface area contributed by atoms with E-state index in [0.717, 1.165) is 44.0 Å². The van der Waals surface area contributed by atoms with Crippen molar-refractivity contribution < 1.29 is 14.3 Å². The summed E-state index contributed by atoms with van der Waals surface area (Å²) < 4.78 is 5.56. The Kier molecular flexibility index (Phi) is 6.77. The fraction of sp³-hybridized carbons (Fsp3) is 0.391. The summed E-state index contributed by atoms with van der Waals surface area (Å²) in [6.45, 7) is 0.247. The lowest BCUT2D eigenvalue weighted by Gasteiger charge is -2.29. The van der Waals surface area contributed by atoms with Crippen molar-refractivity contribution in [1.29, 1.82) is 0 Å². The highest BCUT2D eigenvalue weighted by Crippen LogP contribution is 2.29. The number of hydrogen-bond donors (Lipinski definition) is 1. The lowest BCUT2D eigenvalue weighted by molar-refractivity contribution is -0.148. The lowest BCUT2D eigenvalue weighted by Crippen LogP contribution is -2.53. The Morgan fingerprint density at radius 2 is 1.59 bits per heavy atom. The molecule has 2 aromatic carbocycles. The van der Waals surface area contributed by atoms with Gasteiger partial charge in [0.05, 0.1) is 5.54 Å². The van der Waals surface area contributed by atoms with Gasteiger partial charge in [0.15, 0.2) is 0 Å². The number of carbonyl (C=O) groups is 2. The summed E-state index contributed by atoms with van der Waals surface area (Å²) in [6, 6.07) is 19.2. The summed E-state index contributed by atoms with van der Waals surface area (Å²) in [4.78, 5) is 24.5. The number of hydrogen-bond acceptors (Lipinski definition) is 4. The molecular formula is C23H27NO3. The van der Waals surface area contributed by atoms with Gasteiger partial charge in [-0.05, 0) is 36.8 Å². The van der Waals surface area contributed by atoms with Gasteiger partial charge in [0.2, 0.25) is 0 Å². The number of ether oxygens (including phenoxy) is 1. The van der Waals surface area contributed by atoms with Gasteiger partial charge in [0.1, 0.15) is 18.9 Å². The number of aldehydes is 1. The number of benzene rings is 2. The lowest BCUT2D eigenvalue weighted by atomic mass is 9.96. The van der Waals surface area contributed by atoms with Crippen molar-refractivity contribution in [2.45, 2.75) is 56.7 Å². The van der Waals surface area contributed by atoms with Crippen molar-refractivity contribution in [2.24, 2.45) is 0 Å². The van der Waals surface area contributed by atoms with E-state index in [1.807, 2.05) is 48.5 Å². The normalized spacial score (nSPS) is 16.6. The molecule has 1 saturated carbocycles. The molecule has 142 valence electrons. The van der Waals surface area contributed by atoms with Crippen LogP contribution in [0.1, 0.15) is 43.2 Å². The number of rotatable bonds is 9. The maximum atomic E-state index is 12.8. The number of nitrogens with one attached hydrogen (secondary N) is 1. The highest BCUT2D eigenvalue weighted by molar-refractivity contribution is 5.77. The van der Waals surface area contributed by atoms with Crippen LogP contribution in [0.3, 0.4) is 0 Å². The molecule has 0 spiro atoms. The molecule has 0 aliphatic heterocycles. The summed E-state index contributed by atoms with van der Waals surface area (Å²) in [5, 5.41) is 3.34. The molecule has 27 heavy (non-hydrogen) atoms. The number of aryl methyl sites for hydroxylation is 1. The van der Waals surface area contributed by atoms with Crippen LogP contribution in [0.2, 0.25) is 0 Å². The zero-order chi connectivity index (χ0) is 19.0. The minimum Gasteiger partial charge on any atom is -0.460 e. The first kappa shape index (κ1) is 19.3. The molecule has 1 fully saturated rings. The average molecular weight is 365 g/mol. The standard InChI is InChI=1S/C23H27NO3/c25-18-23(15-7-8-16-23)24-21(14-13-19-9-3-1-4-10-19)22(26)27-17-20-11-5-2-6-12-20/h1-6,9-12,18,21,24H,7-8,13-17H2/t21-/m0/s1. The molecule has 0 radical (unpaired) electrons. The van der Waals surface area contributed by atoms with Crippen LogP contribution in [-0.2, 0) is 27.4 Å². The minimum atomic E-state index is -0.590. The summed E-state index contributed by atoms with van der Waals surface area (Å²) in [7, 11) is 0. The third kappa shape index (κ3) is 5.51. The smallest absolute Gasteiger partial charge is 0.323 e. The van der Waals surface area contributed by atoms with Gasteiger partial charge in [-0.3, -0.25) is 10.1 Å². The molecule has 4 heteroatoms. The Morgan fingerprint density at radius 3 is 2.19 bits per heavy atom. The fourth-order valence-corrected chi connectivity index (χ4v) is 3.68. The molecule has 0 saturated heterocycles. The van der Waals surface area contributed by atoms with Crippen molar-refractivity contribution in [1.82, 2.24) is 5.32 Å². The maximum absolute atomic E-state index is 12.8. The second-order valence-electron chi connectivity index (χ2n) is 7.30. The van der Waals surface area contributed by atoms with Crippen LogP contribution in [-0.4, -0.2) is 23.8 Å². The molecule has 4 nitrogen and oxygen atoms in total. The largest absolute Gasteiger partial charge is 0.460 e. The van der Waals surface area contributed by atoms with Crippen LogP contribution in [0.4, 0.5) is 0 Å². The first-order valence-corrected chi connectivity index (χ1v) is 9.69. The maximum Gasteiger partial charge on any atom is 0.323 e. The summed E-state index contributed by atoms with van der Waals surface area (Å²) in [5.41, 5.74) is 1.54. The molecule has 1 N–H and O–H groups in total. The zero-order valence-corrected chi connectivity index (χ0v) is 15.6. The summed E-state index contributed by atoms with van der Waals surface area (Å²) in [6.07, 6.45) is 5.93. The van der Waals surface area contributed by atoms with Crippen molar-refractivity contribution >= 4 is 12.3 Å². The fourth-order valence-electron chi connectivity index (χ4n) is 3.68. The van der Waals surface area contributed by atoms with Gasteiger partial charge in [-0.25, -0.2) is 0 Å². The van der Waals surface area contributed by atoms with Crippen LogP contribution in [0.5, 0.6) is 0 Å². The minimum absolute atomic E-state index is 0.247. The van der Waals surface area contributed by atoms with Crippen molar-refractivity contribution in [3.63, 3.8) is 0 Å². The van der Waals surface area contributed by atoms with Crippen molar-refractivity contribution in [2.75, 3.05) is 0 Å². The Morgan fingerprint density at radius 1 is 1.00 bits per heavy atom. The van der Waals surface area contributed by atoms with Crippen LogP contribution in [0.15, 0.2) is 60.7 Å². The first-order valence-electron chi connectivity index (χ1n) is 9.69. The summed E-state index contributed by atoms with van der Waals surface area (Å²) >= 11 is 0. The second kappa shape index (κ2) is 9.47. The number of carbonyl (C=O) groups excluding carboxylic acids is 2. The van der Waals surface area contributed by atoms with E-state index in [1.165, 1.54) is 5.56 Å². The highest BCUT2D eigenvalue weighted by atomic mass is 16.5. The van der Waals surface area contributed by atoms with E-state index in [-0.39, 0.29) is 12.6 Å². The van der Waals surface area contributed by atoms with E-state index in [2.05, 4.69) is 17.4 Å². The monoisotopic (exact) mass is 365 g/mol. The van der Waals surface area contributed by atoms with Gasteiger partial charge >= 0.3 is 5.97 Å². The van der Waals surface area contributed by atoms with E-state index < -0.39 is 11.6 Å². The molecule has 0 heterocycles. The van der Waals surface area contributed by atoms with Gasteiger partial charge in [0.25, 0.3) is 0 Å². The second-order valence-corrected chi connectivity index (χ2v) is 7.30. The van der Waals surface area contributed by atoms with E-state index in [9.17, 15) is 9.59 Å². The van der Waals surface area contributed by atoms with E-state index >= 15 is 0 Å². The zero-order valence-electron chi connectivity index (χ0n) is 15.6. The SMILES string of the molecule is O=CC1(N[C@@H](CCc2ccccc2)C(=O)OCc2ccccc2)CCCC1. The van der Waals surface area contributed by atoms with Crippen LogP contribution >= 0.6 is 0 Å². The molecule has 3 rings (SSSR count). The molecule has 1 aliphatic carbocycles. The van der Waals surface area contributed by atoms with Gasteiger partial charge < -0.3 is 9.53 Å². The Hall–Kier alpha value is -2.46. The topological polar surface area (TPSA) is 55.4 Å². The Labute approximate surface area is 160 Å². The van der Waals surface area contributed by atoms with Crippen LogP contribution in [0.25, 0.3) is 0 Å². The van der Waals surface area contributed by atoms with E-state index in [4.69, 9.17) is 4.74 Å². The van der Waals surface area contributed by atoms with Gasteiger partial charge in [-0.1, -0.05) is 73.5 Å². The molecule has 1 aliphatic rings. The van der Waals surface area contributed by atoms with Crippen LogP contribution < -0.4 is 5.32 Å². The van der Waals surface area contributed by atoms with Crippen molar-refractivity contribution in [3.8, 4) is 0 Å². The van der Waals surface area contributed by atoms with E-state index in [1.54, 1.807) is 0 Å². The van der Waals surface area contributed by atoms with E-state index in [0.29, 0.717) is 6.42 Å². The third-order valence-corrected chi connectivity index (χ3v) is 5.26. The molecule has 0 amide bonds. The molecular weight excluding hydrogens is 338 g/mol. The molecule has 0 unspecified atom stereocenters. The predicted octanol–water partition coefficient (Wildman–Crippen LogP) is 3.83. The third-order valence-electron chi connectivity index (χ3n) is 5.26. The van der Waals surface area contributed by atoms with Crippen molar-refractivity contribution in [3.05, 3.63) is 71.8 Å². The molecule has 0 bridgehead atoms.